The molecule has 1 saturated heterocycles. The SMILES string of the molecule is COc1ccc(Nc2cnc(CNC(=O)[C@]3(CC(=O)c4cnc(C)nc4)CCOC3)c(Cl)c2)c(C(F)(F)F)c1. The molecule has 13 heteroatoms. The predicted molar refractivity (Wildman–Crippen MR) is 136 cm³/mol. The molecule has 2 N–H and O–H groups in total. The Morgan fingerprint density at radius 3 is 2.51 bits per heavy atom. The van der Waals surface area contributed by atoms with E-state index in [4.69, 9.17) is 21.1 Å². The van der Waals surface area contributed by atoms with Gasteiger partial charge in [-0.3, -0.25) is 14.6 Å². The minimum absolute atomic E-state index is 0.0577. The van der Waals surface area contributed by atoms with Crippen LogP contribution in [-0.4, -0.2) is 47.0 Å². The van der Waals surface area contributed by atoms with Crippen molar-refractivity contribution in [2.75, 3.05) is 25.6 Å². The normalized spacial score (nSPS) is 17.1. The third-order valence-electron chi connectivity index (χ3n) is 6.33. The number of amides is 1. The number of Topliss-reactive ketones (excluding diaryl/α,β-unsaturated/α-hetero) is 1. The van der Waals surface area contributed by atoms with Gasteiger partial charge < -0.3 is 20.1 Å². The molecule has 1 aromatic carbocycles. The van der Waals surface area contributed by atoms with Gasteiger partial charge in [-0.2, -0.15) is 13.2 Å². The summed E-state index contributed by atoms with van der Waals surface area (Å²) in [6.45, 7) is 2.05. The van der Waals surface area contributed by atoms with Crippen molar-refractivity contribution in [2.24, 2.45) is 5.41 Å². The lowest BCUT2D eigenvalue weighted by Crippen LogP contribution is -2.43. The molecule has 9 nitrogen and oxygen atoms in total. The number of carbonyl (C=O) groups excluding carboxylic acids is 2. The lowest BCUT2D eigenvalue weighted by Gasteiger charge is -2.25. The summed E-state index contributed by atoms with van der Waals surface area (Å²) in [6, 6.07) is 4.95. The first-order chi connectivity index (χ1) is 18.5. The number of hydrogen-bond donors (Lipinski definition) is 2. The van der Waals surface area contributed by atoms with Crippen molar-refractivity contribution in [2.45, 2.75) is 32.5 Å². The summed E-state index contributed by atoms with van der Waals surface area (Å²) in [5.41, 5.74) is -1.36. The molecule has 39 heavy (non-hydrogen) atoms. The highest BCUT2D eigenvalue weighted by molar-refractivity contribution is 6.31. The minimum Gasteiger partial charge on any atom is -0.497 e. The standard InChI is InChI=1S/C26H25ClF3N5O4/c1-15-31-10-16(11-32-15)23(36)9-25(5-6-39-14-25)24(37)34-13-22-20(27)7-17(12-33-22)35-21-4-3-18(38-2)8-19(21)26(28,29)30/h3-4,7-8,10-12,35H,5-6,9,13-14H2,1-2H3,(H,34,37)/t25-/m0/s1. The van der Waals surface area contributed by atoms with Gasteiger partial charge in [0.25, 0.3) is 0 Å². The third-order valence-corrected chi connectivity index (χ3v) is 6.66. The van der Waals surface area contributed by atoms with E-state index in [1.54, 1.807) is 6.92 Å². The first-order valence-corrected chi connectivity index (χ1v) is 12.2. The Kier molecular flexibility index (Phi) is 8.36. The van der Waals surface area contributed by atoms with Crippen molar-refractivity contribution >= 4 is 34.7 Å². The summed E-state index contributed by atoms with van der Waals surface area (Å²) in [4.78, 5) is 38.3. The quantitative estimate of drug-likeness (QED) is 0.353. The van der Waals surface area contributed by atoms with Gasteiger partial charge in [-0.05, 0) is 37.6 Å². The molecule has 3 heterocycles. The number of alkyl halides is 3. The van der Waals surface area contributed by atoms with Gasteiger partial charge in [0.2, 0.25) is 5.91 Å². The zero-order valence-corrected chi connectivity index (χ0v) is 21.8. The zero-order valence-electron chi connectivity index (χ0n) is 21.1. The Hall–Kier alpha value is -3.77. The Morgan fingerprint density at radius 2 is 1.90 bits per heavy atom. The molecule has 0 unspecified atom stereocenters. The number of halogens is 4. The van der Waals surface area contributed by atoms with Crippen LogP contribution in [0.3, 0.4) is 0 Å². The Labute approximate surface area is 227 Å². The number of anilines is 2. The van der Waals surface area contributed by atoms with Crippen LogP contribution in [0.1, 0.15) is 40.3 Å². The fourth-order valence-electron chi connectivity index (χ4n) is 4.12. The monoisotopic (exact) mass is 563 g/mol. The second kappa shape index (κ2) is 11.5. The second-order valence-electron chi connectivity index (χ2n) is 9.07. The van der Waals surface area contributed by atoms with E-state index >= 15 is 0 Å². The number of pyridine rings is 1. The largest absolute Gasteiger partial charge is 0.497 e. The number of ether oxygens (including phenoxy) is 2. The van der Waals surface area contributed by atoms with Gasteiger partial charge in [-0.1, -0.05) is 11.6 Å². The van der Waals surface area contributed by atoms with Crippen LogP contribution in [0.2, 0.25) is 5.02 Å². The molecular weight excluding hydrogens is 539 g/mol. The third kappa shape index (κ3) is 6.63. The molecule has 0 aliphatic carbocycles. The van der Waals surface area contributed by atoms with Gasteiger partial charge >= 0.3 is 6.18 Å². The molecular formula is C26H25ClF3N5O4. The maximum atomic E-state index is 13.5. The first-order valence-electron chi connectivity index (χ1n) is 11.9. The van der Waals surface area contributed by atoms with Crippen molar-refractivity contribution in [3.8, 4) is 5.75 Å². The van der Waals surface area contributed by atoms with Gasteiger partial charge in [-0.15, -0.1) is 0 Å². The second-order valence-corrected chi connectivity index (χ2v) is 9.48. The van der Waals surface area contributed by atoms with Gasteiger partial charge in [0.1, 0.15) is 11.6 Å². The number of rotatable bonds is 9. The van der Waals surface area contributed by atoms with Crippen LogP contribution < -0.4 is 15.4 Å². The molecule has 1 amide bonds. The van der Waals surface area contributed by atoms with E-state index in [2.05, 4.69) is 25.6 Å². The smallest absolute Gasteiger partial charge is 0.418 e. The van der Waals surface area contributed by atoms with E-state index in [9.17, 15) is 22.8 Å². The number of nitrogens with zero attached hydrogens (tertiary/aromatic N) is 3. The first kappa shape index (κ1) is 28.2. The van der Waals surface area contributed by atoms with Crippen LogP contribution in [-0.2, 0) is 22.3 Å². The lowest BCUT2D eigenvalue weighted by atomic mass is 9.80. The fourth-order valence-corrected chi connectivity index (χ4v) is 4.35. The number of nitrogens with one attached hydrogen (secondary N) is 2. The van der Waals surface area contributed by atoms with E-state index in [0.29, 0.717) is 30.1 Å². The van der Waals surface area contributed by atoms with E-state index in [1.807, 2.05) is 0 Å². The Balaban J connectivity index is 1.44. The van der Waals surface area contributed by atoms with Gasteiger partial charge in [0.15, 0.2) is 5.78 Å². The van der Waals surface area contributed by atoms with Crippen LogP contribution >= 0.6 is 11.6 Å². The molecule has 1 fully saturated rings. The molecule has 0 saturated carbocycles. The van der Waals surface area contributed by atoms with Crippen LogP contribution in [0.15, 0.2) is 42.9 Å². The predicted octanol–water partition coefficient (Wildman–Crippen LogP) is 4.90. The molecule has 1 aliphatic heterocycles. The summed E-state index contributed by atoms with van der Waals surface area (Å²) >= 11 is 6.34. The molecule has 206 valence electrons. The summed E-state index contributed by atoms with van der Waals surface area (Å²) in [6.07, 6.45) is -0.188. The molecule has 2 aromatic heterocycles. The highest BCUT2D eigenvalue weighted by atomic mass is 35.5. The zero-order chi connectivity index (χ0) is 28.2. The molecule has 3 aromatic rings. The number of aromatic nitrogens is 3. The molecule has 0 spiro atoms. The minimum atomic E-state index is -4.62. The summed E-state index contributed by atoms with van der Waals surface area (Å²) in [5.74, 6) is -0.0819. The number of methoxy groups -OCH3 is 1. The van der Waals surface area contributed by atoms with Crippen molar-refractivity contribution in [3.05, 3.63) is 70.5 Å². The fraction of sp³-hybridized carbons (Fsp3) is 0.346. The highest BCUT2D eigenvalue weighted by Crippen LogP contribution is 2.39. The van der Waals surface area contributed by atoms with E-state index in [1.165, 1.54) is 43.9 Å². The van der Waals surface area contributed by atoms with Crippen molar-refractivity contribution < 1.29 is 32.2 Å². The Morgan fingerprint density at radius 1 is 1.15 bits per heavy atom. The lowest BCUT2D eigenvalue weighted by molar-refractivity contribution is -0.137. The highest BCUT2D eigenvalue weighted by Gasteiger charge is 2.44. The maximum Gasteiger partial charge on any atom is 0.418 e. The van der Waals surface area contributed by atoms with Crippen LogP contribution in [0, 0.1) is 12.3 Å². The number of carbonyl (C=O) groups is 2. The molecule has 0 radical (unpaired) electrons. The molecule has 4 rings (SSSR count). The average molecular weight is 564 g/mol. The van der Waals surface area contributed by atoms with Crippen LogP contribution in [0.25, 0.3) is 0 Å². The maximum absolute atomic E-state index is 13.5. The number of aryl methyl sites for hydroxylation is 1. The Bertz CT molecular complexity index is 1360. The summed E-state index contributed by atoms with van der Waals surface area (Å²) in [5, 5.41) is 5.58. The summed E-state index contributed by atoms with van der Waals surface area (Å²) in [7, 11) is 1.28. The molecule has 1 aliphatic rings. The van der Waals surface area contributed by atoms with Crippen LogP contribution in [0.4, 0.5) is 24.5 Å². The van der Waals surface area contributed by atoms with E-state index in [-0.39, 0.29) is 47.5 Å². The topological polar surface area (TPSA) is 115 Å². The van der Waals surface area contributed by atoms with E-state index in [0.717, 1.165) is 6.07 Å². The van der Waals surface area contributed by atoms with Gasteiger partial charge in [0.05, 0.1) is 65.1 Å². The van der Waals surface area contributed by atoms with Crippen molar-refractivity contribution in [3.63, 3.8) is 0 Å². The van der Waals surface area contributed by atoms with Gasteiger partial charge in [-0.25, -0.2) is 9.97 Å². The molecule has 0 bridgehead atoms. The number of ketones is 1. The molecule has 1 atom stereocenters. The van der Waals surface area contributed by atoms with Crippen molar-refractivity contribution in [1.29, 1.82) is 0 Å². The average Bonchev–Trinajstić information content (AvgIpc) is 3.37. The van der Waals surface area contributed by atoms with Crippen LogP contribution in [0.5, 0.6) is 5.75 Å². The van der Waals surface area contributed by atoms with Gasteiger partial charge in [0, 0.05) is 25.4 Å². The van der Waals surface area contributed by atoms with E-state index < -0.39 is 23.1 Å². The summed E-state index contributed by atoms with van der Waals surface area (Å²) < 4.78 is 50.9. The number of hydrogen-bond acceptors (Lipinski definition) is 8. The van der Waals surface area contributed by atoms with Crippen molar-refractivity contribution in [1.82, 2.24) is 20.3 Å². The number of benzene rings is 1.